The van der Waals surface area contributed by atoms with Crippen molar-refractivity contribution in [2.24, 2.45) is 17.8 Å². The van der Waals surface area contributed by atoms with Crippen molar-refractivity contribution in [2.45, 2.75) is 25.7 Å². The van der Waals surface area contributed by atoms with E-state index in [1.165, 1.54) is 24.6 Å². The van der Waals surface area contributed by atoms with E-state index in [0.29, 0.717) is 34.7 Å². The van der Waals surface area contributed by atoms with Gasteiger partial charge in [-0.1, -0.05) is 41.6 Å². The molecule has 180 valence electrons. The molecule has 7 nitrogen and oxygen atoms in total. The fraction of sp³-hybridized carbons (Fsp3) is 0.310. The van der Waals surface area contributed by atoms with Crippen LogP contribution < -0.4 is 4.90 Å². The fourth-order valence-electron chi connectivity index (χ4n) is 5.72. The molecular weight excluding hydrogens is 452 g/mol. The summed E-state index contributed by atoms with van der Waals surface area (Å²) in [5.74, 6) is 2.29. The maximum atomic E-state index is 11.3. The van der Waals surface area contributed by atoms with Crippen LogP contribution in [0.3, 0.4) is 0 Å². The van der Waals surface area contributed by atoms with Crippen molar-refractivity contribution in [3.63, 3.8) is 0 Å². The van der Waals surface area contributed by atoms with E-state index < -0.39 is 5.97 Å². The Labute approximate surface area is 208 Å². The molecule has 2 saturated carbocycles. The molecule has 0 amide bonds. The summed E-state index contributed by atoms with van der Waals surface area (Å²) in [6, 6.07) is 14.3. The number of hydrogen-bond donors (Lipinski definition) is 1. The van der Waals surface area contributed by atoms with Crippen LogP contribution in [0.25, 0.3) is 28.4 Å². The Bertz CT molecular complexity index is 1520. The molecule has 7 heteroatoms. The minimum Gasteiger partial charge on any atom is -0.476 e. The van der Waals surface area contributed by atoms with Crippen molar-refractivity contribution in [1.29, 1.82) is 0 Å². The Hall–Kier alpha value is -4.00. The first-order chi connectivity index (χ1) is 17.6. The van der Waals surface area contributed by atoms with E-state index in [-0.39, 0.29) is 5.69 Å². The second-order valence-electron chi connectivity index (χ2n) is 10.3. The van der Waals surface area contributed by atoms with Crippen molar-refractivity contribution < 1.29 is 14.4 Å². The van der Waals surface area contributed by atoms with Gasteiger partial charge >= 0.3 is 5.97 Å². The number of aromatic nitrogens is 3. The average Bonchev–Trinajstić information content (AvgIpc) is 3.75. The summed E-state index contributed by atoms with van der Waals surface area (Å²) in [6.07, 6.45) is 8.30. The molecule has 3 fully saturated rings. The average molecular weight is 479 g/mol. The highest BCUT2D eigenvalue weighted by atomic mass is 16.5. The lowest BCUT2D eigenvalue weighted by Gasteiger charge is -2.21. The van der Waals surface area contributed by atoms with Gasteiger partial charge in [-0.05, 0) is 61.3 Å². The first-order valence-corrected chi connectivity index (χ1v) is 12.6. The Morgan fingerprint density at radius 2 is 1.92 bits per heavy atom. The standard InChI is InChI=1S/C29H26N4O3/c1-16-4-2-3-5-19(16)27-21(28(36-32-27)17-6-7-17)10-9-20-22-14-33(15-23(20)22)18-8-11-24-25(12-18)31-26(13-30-24)29(34)35/h2-5,8-13,17,20,22-23H,6-7,14-15H2,1H3,(H,34,35)/b10-9+. The van der Waals surface area contributed by atoms with Gasteiger partial charge in [-0.25, -0.2) is 9.78 Å². The van der Waals surface area contributed by atoms with E-state index in [0.717, 1.165) is 41.4 Å². The Morgan fingerprint density at radius 1 is 1.11 bits per heavy atom. The molecule has 2 aromatic heterocycles. The third-order valence-electron chi connectivity index (χ3n) is 7.96. The molecule has 4 aromatic rings. The summed E-state index contributed by atoms with van der Waals surface area (Å²) in [6.45, 7) is 4.09. The highest BCUT2D eigenvalue weighted by Crippen LogP contribution is 2.54. The van der Waals surface area contributed by atoms with E-state index in [2.05, 4.69) is 69.4 Å². The van der Waals surface area contributed by atoms with E-state index in [1.54, 1.807) is 0 Å². The van der Waals surface area contributed by atoms with Crippen LogP contribution in [0.15, 0.2) is 59.3 Å². The molecule has 2 unspecified atom stereocenters. The van der Waals surface area contributed by atoms with Gasteiger partial charge in [0.1, 0.15) is 11.5 Å². The van der Waals surface area contributed by atoms with Gasteiger partial charge in [0, 0.05) is 35.8 Å². The predicted octanol–water partition coefficient (Wildman–Crippen LogP) is 5.56. The molecule has 3 heterocycles. The van der Waals surface area contributed by atoms with Crippen LogP contribution in [-0.4, -0.2) is 39.3 Å². The number of carbonyl (C=O) groups is 1. The zero-order chi connectivity index (χ0) is 24.4. The quantitative estimate of drug-likeness (QED) is 0.388. The van der Waals surface area contributed by atoms with Crippen molar-refractivity contribution in [3.8, 4) is 11.3 Å². The molecule has 3 aliphatic rings. The maximum absolute atomic E-state index is 11.3. The summed E-state index contributed by atoms with van der Waals surface area (Å²) < 4.78 is 5.85. The molecule has 0 spiro atoms. The van der Waals surface area contributed by atoms with Crippen LogP contribution in [0, 0.1) is 24.7 Å². The number of anilines is 1. The van der Waals surface area contributed by atoms with Gasteiger partial charge < -0.3 is 14.5 Å². The molecule has 1 saturated heterocycles. The predicted molar refractivity (Wildman–Crippen MR) is 137 cm³/mol. The van der Waals surface area contributed by atoms with Crippen LogP contribution in [0.2, 0.25) is 0 Å². The largest absolute Gasteiger partial charge is 0.476 e. The number of piperidine rings is 1. The van der Waals surface area contributed by atoms with E-state index in [4.69, 9.17) is 4.52 Å². The molecule has 1 aliphatic heterocycles. The van der Waals surface area contributed by atoms with Crippen LogP contribution in [-0.2, 0) is 0 Å². The minimum absolute atomic E-state index is 0.0292. The lowest BCUT2D eigenvalue weighted by molar-refractivity contribution is 0.0690. The number of aryl methyl sites for hydroxylation is 1. The van der Waals surface area contributed by atoms with Gasteiger partial charge in [0.2, 0.25) is 0 Å². The second kappa shape index (κ2) is 8.01. The van der Waals surface area contributed by atoms with Gasteiger partial charge in [-0.3, -0.25) is 4.98 Å². The maximum Gasteiger partial charge on any atom is 0.356 e. The number of benzene rings is 2. The monoisotopic (exact) mass is 478 g/mol. The Kier molecular flexibility index (Phi) is 4.74. The van der Waals surface area contributed by atoms with E-state index in [1.807, 2.05) is 12.1 Å². The molecule has 2 aromatic carbocycles. The summed E-state index contributed by atoms with van der Waals surface area (Å²) in [5, 5.41) is 13.7. The van der Waals surface area contributed by atoms with E-state index >= 15 is 0 Å². The van der Waals surface area contributed by atoms with Crippen molar-refractivity contribution in [1.82, 2.24) is 15.1 Å². The third kappa shape index (κ3) is 3.58. The fourth-order valence-corrected chi connectivity index (χ4v) is 5.72. The van der Waals surface area contributed by atoms with Crippen molar-refractivity contribution in [2.75, 3.05) is 18.0 Å². The normalized spacial score (nSPS) is 22.9. The number of nitrogens with zero attached hydrogens (tertiary/aromatic N) is 4. The molecule has 2 aliphatic carbocycles. The van der Waals surface area contributed by atoms with Gasteiger partial charge in [-0.2, -0.15) is 0 Å². The summed E-state index contributed by atoms with van der Waals surface area (Å²) in [7, 11) is 0. The van der Waals surface area contributed by atoms with Gasteiger partial charge in [-0.15, -0.1) is 0 Å². The number of fused-ring (bicyclic) bond motifs is 2. The number of carboxylic acid groups (broad SMARTS) is 1. The Morgan fingerprint density at radius 3 is 2.67 bits per heavy atom. The number of carboxylic acids is 1. The van der Waals surface area contributed by atoms with Gasteiger partial charge in [0.15, 0.2) is 5.69 Å². The van der Waals surface area contributed by atoms with Gasteiger partial charge in [0.25, 0.3) is 0 Å². The summed E-state index contributed by atoms with van der Waals surface area (Å²) in [4.78, 5) is 22.1. The number of allylic oxidation sites excluding steroid dienone is 1. The molecule has 0 bridgehead atoms. The van der Waals surface area contributed by atoms with Crippen LogP contribution >= 0.6 is 0 Å². The number of rotatable bonds is 6. The molecule has 0 radical (unpaired) electrons. The molecule has 36 heavy (non-hydrogen) atoms. The van der Waals surface area contributed by atoms with Crippen molar-refractivity contribution in [3.05, 3.63) is 77.3 Å². The molecule has 7 rings (SSSR count). The first kappa shape index (κ1) is 21.3. The number of hydrogen-bond acceptors (Lipinski definition) is 6. The molecular formula is C29H26N4O3. The molecule has 2 atom stereocenters. The molecule has 1 N–H and O–H groups in total. The third-order valence-corrected chi connectivity index (χ3v) is 7.96. The van der Waals surface area contributed by atoms with Gasteiger partial charge in [0.05, 0.1) is 17.2 Å². The lowest BCUT2D eigenvalue weighted by Crippen LogP contribution is -2.23. The summed E-state index contributed by atoms with van der Waals surface area (Å²) >= 11 is 0. The zero-order valence-electron chi connectivity index (χ0n) is 20.0. The Balaban J connectivity index is 1.09. The highest BCUT2D eigenvalue weighted by molar-refractivity contribution is 5.88. The second-order valence-corrected chi connectivity index (χ2v) is 10.3. The SMILES string of the molecule is Cc1ccccc1-c1noc(C2CC2)c1/C=C/C1C2CN(c3ccc4ncc(C(=O)O)nc4c3)CC12. The first-order valence-electron chi connectivity index (χ1n) is 12.6. The summed E-state index contributed by atoms with van der Waals surface area (Å²) in [5.41, 5.74) is 6.82. The lowest BCUT2D eigenvalue weighted by atomic mass is 9.99. The zero-order valence-corrected chi connectivity index (χ0v) is 20.0. The minimum atomic E-state index is -1.06. The van der Waals surface area contributed by atoms with Crippen LogP contribution in [0.4, 0.5) is 5.69 Å². The van der Waals surface area contributed by atoms with Crippen LogP contribution in [0.5, 0.6) is 0 Å². The number of aromatic carboxylic acids is 1. The van der Waals surface area contributed by atoms with Crippen LogP contribution in [0.1, 0.15) is 46.1 Å². The van der Waals surface area contributed by atoms with E-state index in [9.17, 15) is 9.90 Å². The van der Waals surface area contributed by atoms with Crippen molar-refractivity contribution >= 4 is 28.8 Å². The topological polar surface area (TPSA) is 92.4 Å². The smallest absolute Gasteiger partial charge is 0.356 e. The highest BCUT2D eigenvalue weighted by Gasteiger charge is 2.54.